The lowest BCUT2D eigenvalue weighted by Crippen LogP contribution is -2.35. The van der Waals surface area contributed by atoms with E-state index in [2.05, 4.69) is 10.6 Å². The van der Waals surface area contributed by atoms with Gasteiger partial charge >= 0.3 is 5.97 Å². The summed E-state index contributed by atoms with van der Waals surface area (Å²) >= 11 is 0. The number of carbonyl (C=O) groups excluding carboxylic acids is 3. The average molecular weight is 420 g/mol. The molecule has 0 spiro atoms. The number of benzene rings is 2. The quantitative estimate of drug-likeness (QED) is 0.595. The highest BCUT2D eigenvalue weighted by Gasteiger charge is 2.22. The van der Waals surface area contributed by atoms with Gasteiger partial charge in [-0.05, 0) is 36.4 Å². The second kappa shape index (κ2) is 10.6. The molecule has 2 N–H and O–H groups in total. The van der Waals surface area contributed by atoms with Gasteiger partial charge in [0.15, 0.2) is 18.1 Å². The second-order valence-electron chi connectivity index (χ2n) is 5.79. The molecule has 2 aromatic rings. The lowest BCUT2D eigenvalue weighted by atomic mass is 10.1. The van der Waals surface area contributed by atoms with E-state index in [1.165, 1.54) is 57.7 Å². The van der Waals surface area contributed by atoms with Crippen LogP contribution >= 0.6 is 0 Å². The van der Waals surface area contributed by atoms with Crippen molar-refractivity contribution in [1.82, 2.24) is 5.32 Å². The van der Waals surface area contributed by atoms with Crippen LogP contribution in [0.4, 0.5) is 10.1 Å². The third-order valence-corrected chi connectivity index (χ3v) is 3.83. The summed E-state index contributed by atoms with van der Waals surface area (Å²) in [6.07, 6.45) is 0. The zero-order chi connectivity index (χ0) is 22.1. The van der Waals surface area contributed by atoms with Gasteiger partial charge in [0.25, 0.3) is 5.91 Å². The molecule has 2 aromatic carbocycles. The number of nitrogens with one attached hydrogen (secondary N) is 2. The highest BCUT2D eigenvalue weighted by Crippen LogP contribution is 2.39. The van der Waals surface area contributed by atoms with Gasteiger partial charge in [-0.2, -0.15) is 0 Å². The molecule has 10 heteroatoms. The van der Waals surface area contributed by atoms with Gasteiger partial charge in [0.1, 0.15) is 11.4 Å². The Labute approximate surface area is 172 Å². The van der Waals surface area contributed by atoms with Crippen molar-refractivity contribution in [2.75, 3.05) is 39.8 Å². The van der Waals surface area contributed by atoms with Crippen LogP contribution in [0.3, 0.4) is 0 Å². The van der Waals surface area contributed by atoms with Gasteiger partial charge in [-0.1, -0.05) is 0 Å². The van der Waals surface area contributed by atoms with Gasteiger partial charge in [0.05, 0.1) is 27.9 Å². The van der Waals surface area contributed by atoms with Crippen molar-refractivity contribution in [3.8, 4) is 17.2 Å². The van der Waals surface area contributed by atoms with Crippen LogP contribution in [0.1, 0.15) is 10.4 Å². The number of carbonyl (C=O) groups is 3. The van der Waals surface area contributed by atoms with Crippen LogP contribution in [-0.4, -0.2) is 52.3 Å². The highest BCUT2D eigenvalue weighted by atomic mass is 19.1. The number of amides is 2. The Morgan fingerprint density at radius 2 is 1.53 bits per heavy atom. The van der Waals surface area contributed by atoms with Crippen LogP contribution < -0.4 is 24.8 Å². The minimum atomic E-state index is -0.821. The number of esters is 1. The van der Waals surface area contributed by atoms with Gasteiger partial charge < -0.3 is 29.6 Å². The highest BCUT2D eigenvalue weighted by molar-refractivity contribution is 5.97. The number of hydrogen-bond donors (Lipinski definition) is 2. The third-order valence-electron chi connectivity index (χ3n) is 3.83. The summed E-state index contributed by atoms with van der Waals surface area (Å²) in [6, 6.07) is 8.06. The summed E-state index contributed by atoms with van der Waals surface area (Å²) in [5.74, 6) is -1.80. The van der Waals surface area contributed by atoms with E-state index in [1.54, 1.807) is 0 Å². The standard InChI is InChI=1S/C20H21FN2O7/c1-27-15-9-8-14(18(28-2)19(15)29-3)20(26)30-11-17(25)22-10-16(24)23-13-6-4-12(21)5-7-13/h4-9H,10-11H2,1-3H3,(H,22,25)(H,23,24). The normalized spacial score (nSPS) is 10.0. The van der Waals surface area contributed by atoms with Crippen LogP contribution in [0.15, 0.2) is 36.4 Å². The minimum absolute atomic E-state index is 0.0389. The molecule has 160 valence electrons. The molecule has 0 aliphatic carbocycles. The molecule has 0 saturated heterocycles. The molecule has 0 aliphatic rings. The first-order chi connectivity index (χ1) is 14.4. The summed E-state index contributed by atoms with van der Waals surface area (Å²) in [5, 5.41) is 4.80. The molecule has 0 aromatic heterocycles. The summed E-state index contributed by atoms with van der Waals surface area (Å²) in [7, 11) is 4.17. The predicted octanol–water partition coefficient (Wildman–Crippen LogP) is 1.76. The Balaban J connectivity index is 1.88. The summed E-state index contributed by atoms with van der Waals surface area (Å²) in [6.45, 7) is -0.965. The number of rotatable bonds is 9. The molecular formula is C20H21FN2O7. The molecule has 9 nitrogen and oxygen atoms in total. The Hall–Kier alpha value is -3.82. The first kappa shape index (κ1) is 22.5. The number of methoxy groups -OCH3 is 3. The third kappa shape index (κ3) is 5.84. The lowest BCUT2D eigenvalue weighted by Gasteiger charge is -2.15. The number of ether oxygens (including phenoxy) is 4. The maximum Gasteiger partial charge on any atom is 0.342 e. The molecule has 0 bridgehead atoms. The molecule has 0 heterocycles. The van der Waals surface area contributed by atoms with Crippen LogP contribution in [0.25, 0.3) is 0 Å². The Morgan fingerprint density at radius 1 is 0.867 bits per heavy atom. The van der Waals surface area contributed by atoms with E-state index < -0.39 is 30.2 Å². The SMILES string of the molecule is COc1ccc(C(=O)OCC(=O)NCC(=O)Nc2ccc(F)cc2)c(OC)c1OC. The molecule has 0 saturated carbocycles. The summed E-state index contributed by atoms with van der Waals surface area (Å²) in [5.41, 5.74) is 0.416. The smallest absolute Gasteiger partial charge is 0.342 e. The molecular weight excluding hydrogens is 399 g/mol. The second-order valence-corrected chi connectivity index (χ2v) is 5.79. The fraction of sp³-hybridized carbons (Fsp3) is 0.250. The van der Waals surface area contributed by atoms with Gasteiger partial charge in [-0.3, -0.25) is 9.59 Å². The van der Waals surface area contributed by atoms with Crippen molar-refractivity contribution in [2.24, 2.45) is 0 Å². The van der Waals surface area contributed by atoms with E-state index in [0.29, 0.717) is 11.4 Å². The molecule has 2 amide bonds. The Kier molecular flexibility index (Phi) is 7.98. The van der Waals surface area contributed by atoms with Gasteiger partial charge in [-0.15, -0.1) is 0 Å². The van der Waals surface area contributed by atoms with Crippen molar-refractivity contribution >= 4 is 23.5 Å². The Bertz CT molecular complexity index is 916. The van der Waals surface area contributed by atoms with Gasteiger partial charge in [-0.25, -0.2) is 9.18 Å². The molecule has 0 fully saturated rings. The van der Waals surface area contributed by atoms with Crippen molar-refractivity contribution in [3.05, 3.63) is 47.8 Å². The molecule has 0 unspecified atom stereocenters. The Morgan fingerprint density at radius 3 is 2.13 bits per heavy atom. The fourth-order valence-corrected chi connectivity index (χ4v) is 2.44. The van der Waals surface area contributed by atoms with E-state index in [0.717, 1.165) is 0 Å². The summed E-state index contributed by atoms with van der Waals surface area (Å²) in [4.78, 5) is 36.0. The topological polar surface area (TPSA) is 112 Å². The van der Waals surface area contributed by atoms with Crippen molar-refractivity contribution in [2.45, 2.75) is 0 Å². The molecule has 30 heavy (non-hydrogen) atoms. The van der Waals surface area contributed by atoms with Crippen molar-refractivity contribution in [3.63, 3.8) is 0 Å². The largest absolute Gasteiger partial charge is 0.493 e. The number of halogens is 1. The lowest BCUT2D eigenvalue weighted by molar-refractivity contribution is -0.126. The molecule has 0 atom stereocenters. The first-order valence-corrected chi connectivity index (χ1v) is 8.67. The zero-order valence-corrected chi connectivity index (χ0v) is 16.6. The molecule has 0 aliphatic heterocycles. The number of anilines is 1. The number of hydrogen-bond acceptors (Lipinski definition) is 7. The first-order valence-electron chi connectivity index (χ1n) is 8.67. The van der Waals surface area contributed by atoms with Crippen molar-refractivity contribution in [1.29, 1.82) is 0 Å². The van der Waals surface area contributed by atoms with E-state index >= 15 is 0 Å². The zero-order valence-electron chi connectivity index (χ0n) is 16.6. The van der Waals surface area contributed by atoms with Crippen LogP contribution in [-0.2, 0) is 14.3 Å². The molecule has 2 rings (SSSR count). The minimum Gasteiger partial charge on any atom is -0.493 e. The van der Waals surface area contributed by atoms with Crippen molar-refractivity contribution < 1.29 is 37.7 Å². The maximum atomic E-state index is 12.8. The molecule has 0 radical (unpaired) electrons. The van der Waals surface area contributed by atoms with E-state index in [-0.39, 0.29) is 23.6 Å². The van der Waals surface area contributed by atoms with E-state index in [1.807, 2.05) is 0 Å². The predicted molar refractivity (Wildman–Crippen MR) is 104 cm³/mol. The average Bonchev–Trinajstić information content (AvgIpc) is 2.76. The maximum absolute atomic E-state index is 12.8. The monoisotopic (exact) mass is 420 g/mol. The van der Waals surface area contributed by atoms with Crippen LogP contribution in [0.5, 0.6) is 17.2 Å². The van der Waals surface area contributed by atoms with Gasteiger partial charge in [0.2, 0.25) is 11.7 Å². The van der Waals surface area contributed by atoms with E-state index in [4.69, 9.17) is 18.9 Å². The van der Waals surface area contributed by atoms with Gasteiger partial charge in [0, 0.05) is 5.69 Å². The fourth-order valence-electron chi connectivity index (χ4n) is 2.44. The van der Waals surface area contributed by atoms with E-state index in [9.17, 15) is 18.8 Å². The van der Waals surface area contributed by atoms with Crippen LogP contribution in [0.2, 0.25) is 0 Å². The summed E-state index contributed by atoms with van der Waals surface area (Å²) < 4.78 is 33.3. The van der Waals surface area contributed by atoms with Crippen LogP contribution in [0, 0.1) is 5.82 Å².